The highest BCUT2D eigenvalue weighted by Gasteiger charge is 2.58. The van der Waals surface area contributed by atoms with Gasteiger partial charge in [-0.15, -0.1) is 0 Å². The molecule has 1 saturated heterocycles. The maximum Gasteiger partial charge on any atom is 0.213 e. The molecule has 1 heterocycles. The summed E-state index contributed by atoms with van der Waals surface area (Å²) in [5.41, 5.74) is 3.42. The van der Waals surface area contributed by atoms with E-state index in [4.69, 9.17) is 9.16 Å². The standard InChI is InChI=1S/C26H36O2Si/c1-24(2,3)26(28-29(7,8)25(4,5)6)19-22(27-26)23(20-15-11-9-12-16-20)21-17-13-10-14-18-21/h9-18H,19H2,1-8H3. The minimum absolute atomic E-state index is 0.121. The molecule has 0 aliphatic carbocycles. The summed E-state index contributed by atoms with van der Waals surface area (Å²) in [6.45, 7) is 18.1. The van der Waals surface area contributed by atoms with E-state index in [0.29, 0.717) is 0 Å². The van der Waals surface area contributed by atoms with Crippen molar-refractivity contribution in [3.05, 3.63) is 77.5 Å². The molecule has 1 aliphatic heterocycles. The Kier molecular flexibility index (Phi) is 5.61. The third-order valence-corrected chi connectivity index (χ3v) is 10.9. The van der Waals surface area contributed by atoms with Gasteiger partial charge in [0.05, 0.1) is 6.42 Å². The van der Waals surface area contributed by atoms with Crippen LogP contribution >= 0.6 is 0 Å². The minimum Gasteiger partial charge on any atom is -0.466 e. The van der Waals surface area contributed by atoms with Crippen LogP contribution in [-0.2, 0) is 9.16 Å². The summed E-state index contributed by atoms with van der Waals surface area (Å²) in [7, 11) is -1.99. The van der Waals surface area contributed by atoms with E-state index in [0.717, 1.165) is 12.2 Å². The molecule has 2 nitrogen and oxygen atoms in total. The number of benzene rings is 2. The first-order chi connectivity index (χ1) is 13.4. The van der Waals surface area contributed by atoms with Crippen molar-refractivity contribution in [2.45, 2.75) is 71.9 Å². The van der Waals surface area contributed by atoms with Crippen molar-refractivity contribution >= 4 is 13.9 Å². The fraction of sp³-hybridized carbons (Fsp3) is 0.462. The molecular formula is C26H36O2Si. The van der Waals surface area contributed by atoms with Crippen LogP contribution in [-0.4, -0.2) is 14.1 Å². The van der Waals surface area contributed by atoms with Crippen molar-refractivity contribution in [3.63, 3.8) is 0 Å². The van der Waals surface area contributed by atoms with E-state index in [2.05, 4.69) is 115 Å². The lowest BCUT2D eigenvalue weighted by Gasteiger charge is -2.57. The lowest BCUT2D eigenvalue weighted by molar-refractivity contribution is -0.283. The Bertz CT molecular complexity index is 819. The molecule has 2 aromatic rings. The molecule has 1 unspecified atom stereocenters. The third kappa shape index (κ3) is 4.22. The zero-order valence-electron chi connectivity index (χ0n) is 19.3. The summed E-state index contributed by atoms with van der Waals surface area (Å²) in [5, 5.41) is 0.135. The van der Waals surface area contributed by atoms with E-state index in [1.807, 2.05) is 0 Å². The highest BCUT2D eigenvalue weighted by molar-refractivity contribution is 6.74. The summed E-state index contributed by atoms with van der Waals surface area (Å²) in [4.78, 5) is 0. The first-order valence-electron chi connectivity index (χ1n) is 10.6. The van der Waals surface area contributed by atoms with Crippen molar-refractivity contribution < 1.29 is 9.16 Å². The minimum atomic E-state index is -1.99. The predicted octanol–water partition coefficient (Wildman–Crippen LogP) is 7.63. The van der Waals surface area contributed by atoms with Gasteiger partial charge < -0.3 is 9.16 Å². The van der Waals surface area contributed by atoms with Crippen molar-refractivity contribution in [1.29, 1.82) is 0 Å². The van der Waals surface area contributed by atoms with Crippen LogP contribution in [0.1, 0.15) is 59.1 Å². The zero-order valence-corrected chi connectivity index (χ0v) is 20.3. The van der Waals surface area contributed by atoms with Crippen LogP contribution in [0.4, 0.5) is 0 Å². The Balaban J connectivity index is 2.04. The molecule has 0 saturated carbocycles. The van der Waals surface area contributed by atoms with Gasteiger partial charge in [0.25, 0.3) is 0 Å². The van der Waals surface area contributed by atoms with Crippen LogP contribution in [0.2, 0.25) is 18.1 Å². The molecule has 1 fully saturated rings. The Hall–Kier alpha value is -1.84. The predicted molar refractivity (Wildman–Crippen MR) is 125 cm³/mol. The molecule has 0 aromatic heterocycles. The largest absolute Gasteiger partial charge is 0.466 e. The van der Waals surface area contributed by atoms with Gasteiger partial charge in [0.1, 0.15) is 5.76 Å². The van der Waals surface area contributed by atoms with E-state index < -0.39 is 14.1 Å². The van der Waals surface area contributed by atoms with Gasteiger partial charge in [0.15, 0.2) is 8.32 Å². The van der Waals surface area contributed by atoms with Crippen molar-refractivity contribution in [1.82, 2.24) is 0 Å². The van der Waals surface area contributed by atoms with Gasteiger partial charge in [-0.2, -0.15) is 0 Å². The number of rotatable bonds is 4. The second-order valence-electron chi connectivity index (χ2n) is 10.7. The third-order valence-electron chi connectivity index (χ3n) is 6.45. The van der Waals surface area contributed by atoms with Crippen LogP contribution in [0.5, 0.6) is 0 Å². The SMILES string of the molecule is CC(C)(C)C1(O[Si](C)(C)C(C)(C)C)CC(=C(c2ccccc2)c2ccccc2)O1. The van der Waals surface area contributed by atoms with Crippen LogP contribution in [0.25, 0.3) is 5.57 Å². The van der Waals surface area contributed by atoms with E-state index in [1.165, 1.54) is 16.7 Å². The van der Waals surface area contributed by atoms with Crippen LogP contribution in [0.3, 0.4) is 0 Å². The van der Waals surface area contributed by atoms with E-state index in [1.54, 1.807) is 0 Å². The Morgan fingerprint density at radius 3 is 1.59 bits per heavy atom. The van der Waals surface area contributed by atoms with Gasteiger partial charge in [-0.25, -0.2) is 0 Å². The molecule has 3 rings (SSSR count). The summed E-state index contributed by atoms with van der Waals surface area (Å²) >= 11 is 0. The topological polar surface area (TPSA) is 18.5 Å². The fourth-order valence-corrected chi connectivity index (χ4v) is 4.98. The van der Waals surface area contributed by atoms with E-state index in [-0.39, 0.29) is 10.5 Å². The average molecular weight is 409 g/mol. The van der Waals surface area contributed by atoms with Crippen LogP contribution < -0.4 is 0 Å². The zero-order chi connectivity index (χ0) is 21.5. The molecule has 3 heteroatoms. The molecule has 156 valence electrons. The smallest absolute Gasteiger partial charge is 0.213 e. The van der Waals surface area contributed by atoms with Gasteiger partial charge in [-0.1, -0.05) is 102 Å². The van der Waals surface area contributed by atoms with Crippen molar-refractivity contribution in [3.8, 4) is 0 Å². The molecule has 0 N–H and O–H groups in total. The first-order valence-corrected chi connectivity index (χ1v) is 13.5. The molecule has 0 radical (unpaired) electrons. The van der Waals surface area contributed by atoms with Gasteiger partial charge >= 0.3 is 0 Å². The molecule has 1 atom stereocenters. The summed E-state index contributed by atoms with van der Waals surface area (Å²) in [5.74, 6) is 0.441. The highest BCUT2D eigenvalue weighted by atomic mass is 28.4. The molecule has 29 heavy (non-hydrogen) atoms. The normalized spacial score (nSPS) is 20.1. The van der Waals surface area contributed by atoms with Crippen LogP contribution in [0, 0.1) is 5.41 Å². The Labute approximate surface area is 178 Å². The number of hydrogen-bond donors (Lipinski definition) is 0. The van der Waals surface area contributed by atoms with Crippen molar-refractivity contribution in [2.24, 2.45) is 5.41 Å². The molecule has 0 bridgehead atoms. The molecule has 0 spiro atoms. The highest BCUT2D eigenvalue weighted by Crippen LogP contribution is 2.55. The monoisotopic (exact) mass is 408 g/mol. The summed E-state index contributed by atoms with van der Waals surface area (Å²) in [6.07, 6.45) is 0.794. The summed E-state index contributed by atoms with van der Waals surface area (Å²) < 4.78 is 13.6. The maximum absolute atomic E-state index is 6.92. The number of ether oxygens (including phenoxy) is 1. The first kappa shape index (κ1) is 21.9. The van der Waals surface area contributed by atoms with E-state index in [9.17, 15) is 0 Å². The lowest BCUT2D eigenvalue weighted by Crippen LogP contribution is -2.61. The molecule has 1 aliphatic rings. The van der Waals surface area contributed by atoms with Gasteiger partial charge in [-0.3, -0.25) is 0 Å². The summed E-state index contributed by atoms with van der Waals surface area (Å²) in [6, 6.07) is 21.1. The molecular weight excluding hydrogens is 372 g/mol. The fourth-order valence-electron chi connectivity index (χ4n) is 3.43. The lowest BCUT2D eigenvalue weighted by atomic mass is 9.78. The Morgan fingerprint density at radius 1 is 0.828 bits per heavy atom. The number of hydrogen-bond acceptors (Lipinski definition) is 2. The second kappa shape index (κ2) is 7.44. The van der Waals surface area contributed by atoms with Crippen LogP contribution in [0.15, 0.2) is 66.4 Å². The second-order valence-corrected chi connectivity index (χ2v) is 15.4. The molecule has 2 aromatic carbocycles. The van der Waals surface area contributed by atoms with Gasteiger partial charge in [0, 0.05) is 11.0 Å². The molecule has 0 amide bonds. The maximum atomic E-state index is 6.92. The van der Waals surface area contributed by atoms with E-state index >= 15 is 0 Å². The average Bonchev–Trinajstić information content (AvgIpc) is 2.59. The van der Waals surface area contributed by atoms with Gasteiger partial charge in [0.2, 0.25) is 5.79 Å². The quantitative estimate of drug-likeness (QED) is 0.484. The Morgan fingerprint density at radius 2 is 1.24 bits per heavy atom. The van der Waals surface area contributed by atoms with Gasteiger partial charge in [-0.05, 0) is 29.3 Å². The van der Waals surface area contributed by atoms with Crippen molar-refractivity contribution in [2.75, 3.05) is 0 Å².